The van der Waals surface area contributed by atoms with E-state index in [2.05, 4.69) is 53.7 Å². The van der Waals surface area contributed by atoms with Crippen molar-refractivity contribution in [1.29, 1.82) is 0 Å². The summed E-state index contributed by atoms with van der Waals surface area (Å²) in [4.78, 5) is 11.7. The number of carbonyl (C=O) groups is 1. The number of rotatable bonds is 3. The van der Waals surface area contributed by atoms with Crippen LogP contribution in [0.2, 0.25) is 0 Å². The van der Waals surface area contributed by atoms with Gasteiger partial charge in [-0.25, -0.2) is 0 Å². The minimum Gasteiger partial charge on any atom is -0.329 e. The monoisotopic (exact) mass is 261 g/mol. The van der Waals surface area contributed by atoms with Crippen molar-refractivity contribution in [2.24, 2.45) is 11.1 Å². The van der Waals surface area contributed by atoms with Crippen LogP contribution in [0.1, 0.15) is 52.7 Å². The molecule has 0 radical (unpaired) electrons. The van der Waals surface area contributed by atoms with E-state index in [1.165, 1.54) is 5.56 Å². The van der Waals surface area contributed by atoms with Crippen molar-refractivity contribution < 1.29 is 4.79 Å². The molecule has 0 saturated carbocycles. The van der Waals surface area contributed by atoms with E-state index in [1.54, 1.807) is 0 Å². The first-order chi connectivity index (χ1) is 8.58. The molecule has 1 rings (SSSR count). The molecule has 1 aromatic rings. The predicted molar refractivity (Wildman–Crippen MR) is 81.4 cm³/mol. The highest BCUT2D eigenvalue weighted by atomic mass is 16.1. The third kappa shape index (κ3) is 2.89. The molecule has 0 amide bonds. The number of aldehydes is 1. The van der Waals surface area contributed by atoms with Gasteiger partial charge in [-0.15, -0.1) is 0 Å². The molecule has 0 heterocycles. The van der Waals surface area contributed by atoms with Crippen LogP contribution in [0.4, 0.5) is 0 Å². The summed E-state index contributed by atoms with van der Waals surface area (Å²) in [5.74, 6) is 0. The van der Waals surface area contributed by atoms with E-state index in [-0.39, 0.29) is 10.8 Å². The highest BCUT2D eigenvalue weighted by molar-refractivity contribution is 5.70. The average Bonchev–Trinajstić information content (AvgIpc) is 2.29. The van der Waals surface area contributed by atoms with Gasteiger partial charge in [-0.2, -0.15) is 0 Å². The number of hydrogen-bond donors (Lipinski definition) is 1. The van der Waals surface area contributed by atoms with E-state index < -0.39 is 5.41 Å². The summed E-state index contributed by atoms with van der Waals surface area (Å²) < 4.78 is 0. The van der Waals surface area contributed by atoms with Gasteiger partial charge in [0.25, 0.3) is 0 Å². The predicted octanol–water partition coefficient (Wildman–Crippen LogP) is 3.43. The van der Waals surface area contributed by atoms with Gasteiger partial charge >= 0.3 is 0 Å². The molecule has 0 spiro atoms. The first-order valence-electron chi connectivity index (χ1n) is 6.86. The van der Waals surface area contributed by atoms with Crippen LogP contribution in [-0.4, -0.2) is 12.8 Å². The van der Waals surface area contributed by atoms with Gasteiger partial charge in [0.2, 0.25) is 0 Å². The second-order valence-electron chi connectivity index (χ2n) is 7.37. The Balaban J connectivity index is 3.31. The molecular weight excluding hydrogens is 234 g/mol. The van der Waals surface area contributed by atoms with Crippen LogP contribution in [0.3, 0.4) is 0 Å². The molecule has 0 aliphatic rings. The molecule has 2 N–H and O–H groups in total. The topological polar surface area (TPSA) is 43.1 Å². The van der Waals surface area contributed by atoms with Gasteiger partial charge in [0.05, 0.1) is 5.41 Å². The first-order valence-corrected chi connectivity index (χ1v) is 6.86. The zero-order chi connectivity index (χ0) is 14.9. The highest BCUT2D eigenvalue weighted by Crippen LogP contribution is 2.39. The quantitative estimate of drug-likeness (QED) is 0.847. The second kappa shape index (κ2) is 5.09. The average molecular weight is 261 g/mol. The lowest BCUT2D eigenvalue weighted by molar-refractivity contribution is -0.115. The zero-order valence-electron chi connectivity index (χ0n) is 13.1. The number of hydrogen-bond acceptors (Lipinski definition) is 2. The van der Waals surface area contributed by atoms with Gasteiger partial charge in [-0.05, 0) is 22.0 Å². The third-order valence-corrected chi connectivity index (χ3v) is 4.13. The Bertz CT molecular complexity index is 434. The number of nitrogens with two attached hydrogens (primary N) is 1. The van der Waals surface area contributed by atoms with Crippen molar-refractivity contribution in [3.05, 3.63) is 35.4 Å². The lowest BCUT2D eigenvalue weighted by Gasteiger charge is -2.40. The summed E-state index contributed by atoms with van der Waals surface area (Å²) in [6, 6.07) is 8.31. The summed E-state index contributed by atoms with van der Waals surface area (Å²) in [6.07, 6.45) is 1.01. The van der Waals surface area contributed by atoms with Gasteiger partial charge in [-0.3, -0.25) is 0 Å². The molecule has 1 atom stereocenters. The molecule has 0 bridgehead atoms. The van der Waals surface area contributed by atoms with E-state index in [0.29, 0.717) is 6.54 Å². The Labute approximate surface area is 117 Å². The molecule has 0 saturated heterocycles. The van der Waals surface area contributed by atoms with Gasteiger partial charge in [-0.1, -0.05) is 65.8 Å². The van der Waals surface area contributed by atoms with Crippen LogP contribution in [0.5, 0.6) is 0 Å². The molecule has 0 aliphatic heterocycles. The zero-order valence-corrected chi connectivity index (χ0v) is 13.1. The normalized spacial score (nSPS) is 15.9. The molecular formula is C17H27NO. The van der Waals surface area contributed by atoms with Crippen molar-refractivity contribution in [3.63, 3.8) is 0 Å². The second-order valence-corrected chi connectivity index (χ2v) is 7.37. The van der Waals surface area contributed by atoms with Crippen molar-refractivity contribution in [2.75, 3.05) is 6.54 Å². The van der Waals surface area contributed by atoms with Crippen LogP contribution in [0, 0.1) is 5.41 Å². The Morgan fingerprint density at radius 1 is 0.947 bits per heavy atom. The Morgan fingerprint density at radius 2 is 1.37 bits per heavy atom. The molecule has 106 valence electrons. The fourth-order valence-corrected chi connectivity index (χ4v) is 2.42. The maximum Gasteiger partial charge on any atom is 0.132 e. The Morgan fingerprint density at radius 3 is 1.63 bits per heavy atom. The minimum absolute atomic E-state index is 0.118. The van der Waals surface area contributed by atoms with Gasteiger partial charge in [0.1, 0.15) is 6.29 Å². The smallest absolute Gasteiger partial charge is 0.132 e. The van der Waals surface area contributed by atoms with Crippen molar-refractivity contribution in [1.82, 2.24) is 0 Å². The molecule has 2 heteroatoms. The van der Waals surface area contributed by atoms with Gasteiger partial charge in [0.15, 0.2) is 0 Å². The summed E-state index contributed by atoms with van der Waals surface area (Å²) in [5, 5.41) is 0. The largest absolute Gasteiger partial charge is 0.329 e. The molecule has 1 unspecified atom stereocenters. The lowest BCUT2D eigenvalue weighted by atomic mass is 9.63. The van der Waals surface area contributed by atoms with Crippen molar-refractivity contribution in [2.45, 2.75) is 52.4 Å². The minimum atomic E-state index is -0.622. The first kappa shape index (κ1) is 15.9. The number of benzene rings is 1. The number of carbonyl (C=O) groups excluding carboxylic acids is 1. The van der Waals surface area contributed by atoms with E-state index in [4.69, 9.17) is 5.73 Å². The molecule has 2 nitrogen and oxygen atoms in total. The fraction of sp³-hybridized carbons (Fsp3) is 0.588. The molecule has 0 aliphatic carbocycles. The third-order valence-electron chi connectivity index (χ3n) is 4.13. The van der Waals surface area contributed by atoms with Gasteiger partial charge < -0.3 is 10.5 Å². The molecule has 19 heavy (non-hydrogen) atoms. The van der Waals surface area contributed by atoms with Crippen molar-refractivity contribution in [3.8, 4) is 0 Å². The van der Waals surface area contributed by atoms with Crippen LogP contribution >= 0.6 is 0 Å². The van der Waals surface area contributed by atoms with E-state index in [0.717, 1.165) is 11.8 Å². The maximum atomic E-state index is 11.7. The summed E-state index contributed by atoms with van der Waals surface area (Å²) >= 11 is 0. The van der Waals surface area contributed by atoms with Crippen LogP contribution in [0.25, 0.3) is 0 Å². The SMILES string of the molecule is CC(C)(C)c1ccc(C(C=O)(CN)C(C)(C)C)cc1. The maximum absolute atomic E-state index is 11.7. The summed E-state index contributed by atoms with van der Waals surface area (Å²) in [5.41, 5.74) is 7.49. The van der Waals surface area contributed by atoms with E-state index in [1.807, 2.05) is 12.1 Å². The van der Waals surface area contributed by atoms with Crippen LogP contribution in [0.15, 0.2) is 24.3 Å². The summed E-state index contributed by atoms with van der Waals surface area (Å²) in [6.45, 7) is 13.1. The Hall–Kier alpha value is -1.15. The molecule has 0 aromatic heterocycles. The van der Waals surface area contributed by atoms with Gasteiger partial charge in [0, 0.05) is 6.54 Å². The standard InChI is InChI=1S/C17H27NO/c1-15(2,3)13-7-9-14(10-8-13)17(11-18,12-19)16(4,5)6/h7-10,12H,11,18H2,1-6H3. The van der Waals surface area contributed by atoms with Crippen LogP contribution < -0.4 is 5.73 Å². The van der Waals surface area contributed by atoms with E-state index in [9.17, 15) is 4.79 Å². The summed E-state index contributed by atoms with van der Waals surface area (Å²) in [7, 11) is 0. The highest BCUT2D eigenvalue weighted by Gasteiger charge is 2.42. The van der Waals surface area contributed by atoms with Crippen LogP contribution in [-0.2, 0) is 15.6 Å². The molecule has 1 aromatic carbocycles. The van der Waals surface area contributed by atoms with E-state index >= 15 is 0 Å². The lowest BCUT2D eigenvalue weighted by Crippen LogP contribution is -2.47. The Kier molecular flexibility index (Phi) is 4.26. The fourth-order valence-electron chi connectivity index (χ4n) is 2.42. The van der Waals surface area contributed by atoms with Crippen molar-refractivity contribution >= 4 is 6.29 Å². The molecule has 0 fully saturated rings.